The molecule has 1 atom stereocenters. The Bertz CT molecular complexity index is 373. The zero-order valence-electron chi connectivity index (χ0n) is 9.31. The summed E-state index contributed by atoms with van der Waals surface area (Å²) in [6, 6.07) is 6.75. The summed E-state index contributed by atoms with van der Waals surface area (Å²) in [4.78, 5) is 15.4. The molecule has 1 aromatic rings. The molecular weight excluding hydrogens is 226 g/mol. The third-order valence-electron chi connectivity index (χ3n) is 1.94. The maximum atomic E-state index is 11.3. The highest BCUT2D eigenvalue weighted by molar-refractivity contribution is 6.30. The lowest BCUT2D eigenvalue weighted by Gasteiger charge is -2.04. The second-order valence-corrected chi connectivity index (χ2v) is 3.69. The zero-order chi connectivity index (χ0) is 12.0. The highest BCUT2D eigenvalue weighted by Gasteiger charge is 2.10. The number of ether oxygens (including phenoxy) is 1. The number of benzene rings is 1. The summed E-state index contributed by atoms with van der Waals surface area (Å²) in [5.41, 5.74) is 0.903. The van der Waals surface area contributed by atoms with Crippen molar-refractivity contribution in [1.29, 1.82) is 0 Å². The molecule has 0 amide bonds. The summed E-state index contributed by atoms with van der Waals surface area (Å²) < 4.78 is 4.84. The van der Waals surface area contributed by atoms with Gasteiger partial charge in [-0.15, -0.1) is 0 Å². The van der Waals surface area contributed by atoms with Gasteiger partial charge in [0.25, 0.3) is 0 Å². The molecule has 0 unspecified atom stereocenters. The van der Waals surface area contributed by atoms with Gasteiger partial charge in [-0.1, -0.05) is 23.7 Å². The first-order chi connectivity index (χ1) is 7.63. The van der Waals surface area contributed by atoms with Crippen molar-refractivity contribution in [2.24, 2.45) is 4.99 Å². The lowest BCUT2D eigenvalue weighted by atomic mass is 10.2. The van der Waals surface area contributed by atoms with Crippen molar-refractivity contribution in [1.82, 2.24) is 0 Å². The van der Waals surface area contributed by atoms with Gasteiger partial charge in [-0.25, -0.2) is 4.79 Å². The Balaban J connectivity index is 2.59. The highest BCUT2D eigenvalue weighted by atomic mass is 35.5. The second kappa shape index (κ2) is 6.28. The minimum atomic E-state index is -0.476. The summed E-state index contributed by atoms with van der Waals surface area (Å²) in [5.74, 6) is -0.312. The number of aliphatic imine (C=N–C) groups is 1. The van der Waals surface area contributed by atoms with E-state index in [4.69, 9.17) is 16.3 Å². The van der Waals surface area contributed by atoms with Crippen LogP contribution in [0.25, 0.3) is 0 Å². The predicted molar refractivity (Wildman–Crippen MR) is 65.1 cm³/mol. The Labute approximate surface area is 100 Å². The standard InChI is InChI=1S/C12H14ClNO2/c1-3-16-12(15)9(2)14-8-10-4-6-11(13)7-5-10/h4-9H,3H2,1-2H3/t9-/m1/s1. The van der Waals surface area contributed by atoms with Crippen LogP contribution in [-0.2, 0) is 9.53 Å². The molecule has 0 saturated carbocycles. The van der Waals surface area contributed by atoms with E-state index >= 15 is 0 Å². The highest BCUT2D eigenvalue weighted by Crippen LogP contribution is 2.08. The van der Waals surface area contributed by atoms with Crippen LogP contribution < -0.4 is 0 Å². The van der Waals surface area contributed by atoms with Gasteiger partial charge in [0, 0.05) is 11.2 Å². The van der Waals surface area contributed by atoms with Gasteiger partial charge in [0.05, 0.1) is 6.61 Å². The molecule has 0 aliphatic heterocycles. The van der Waals surface area contributed by atoms with E-state index in [2.05, 4.69) is 4.99 Å². The number of hydrogen-bond acceptors (Lipinski definition) is 3. The molecule has 0 radical (unpaired) electrons. The smallest absolute Gasteiger partial charge is 0.330 e. The number of carbonyl (C=O) groups excluding carboxylic acids is 1. The first-order valence-electron chi connectivity index (χ1n) is 5.09. The van der Waals surface area contributed by atoms with Gasteiger partial charge in [-0.05, 0) is 31.5 Å². The third-order valence-corrected chi connectivity index (χ3v) is 2.20. The fourth-order valence-electron chi connectivity index (χ4n) is 1.07. The first-order valence-corrected chi connectivity index (χ1v) is 5.46. The minimum Gasteiger partial charge on any atom is -0.464 e. The summed E-state index contributed by atoms with van der Waals surface area (Å²) in [7, 11) is 0. The van der Waals surface area contributed by atoms with E-state index in [1.165, 1.54) is 0 Å². The summed E-state index contributed by atoms with van der Waals surface area (Å²) in [6.07, 6.45) is 1.64. The van der Waals surface area contributed by atoms with Crippen molar-refractivity contribution in [3.63, 3.8) is 0 Å². The van der Waals surface area contributed by atoms with E-state index in [0.29, 0.717) is 11.6 Å². The molecule has 0 bridgehead atoms. The van der Waals surface area contributed by atoms with Gasteiger partial charge in [0.2, 0.25) is 0 Å². The Hall–Kier alpha value is -1.35. The van der Waals surface area contributed by atoms with Crippen LogP contribution >= 0.6 is 11.6 Å². The number of rotatable bonds is 4. The summed E-state index contributed by atoms with van der Waals surface area (Å²) >= 11 is 5.75. The molecule has 0 saturated heterocycles. The first kappa shape index (κ1) is 12.7. The van der Waals surface area contributed by atoms with E-state index in [9.17, 15) is 4.79 Å². The summed E-state index contributed by atoms with van der Waals surface area (Å²) in [5, 5.41) is 0.676. The Morgan fingerprint density at radius 1 is 1.50 bits per heavy atom. The Morgan fingerprint density at radius 3 is 2.69 bits per heavy atom. The van der Waals surface area contributed by atoms with Crippen molar-refractivity contribution in [3.8, 4) is 0 Å². The zero-order valence-corrected chi connectivity index (χ0v) is 10.1. The molecule has 0 fully saturated rings. The minimum absolute atomic E-state index is 0.312. The molecule has 3 nitrogen and oxygen atoms in total. The molecule has 1 rings (SSSR count). The van der Waals surface area contributed by atoms with Gasteiger partial charge >= 0.3 is 5.97 Å². The van der Waals surface area contributed by atoms with Crippen molar-refractivity contribution < 1.29 is 9.53 Å². The number of esters is 1. The van der Waals surface area contributed by atoms with Crippen LogP contribution in [0.15, 0.2) is 29.3 Å². The van der Waals surface area contributed by atoms with E-state index in [1.807, 2.05) is 12.1 Å². The lowest BCUT2D eigenvalue weighted by molar-refractivity contribution is -0.144. The van der Waals surface area contributed by atoms with Crippen LogP contribution in [0, 0.1) is 0 Å². The predicted octanol–water partition coefficient (Wildman–Crippen LogP) is 2.71. The normalized spacial score (nSPS) is 12.7. The summed E-state index contributed by atoms with van der Waals surface area (Å²) in [6.45, 7) is 3.84. The molecule has 0 aliphatic rings. The molecule has 0 N–H and O–H groups in total. The fraction of sp³-hybridized carbons (Fsp3) is 0.333. The average Bonchev–Trinajstić information content (AvgIpc) is 2.28. The molecule has 0 aliphatic carbocycles. The van der Waals surface area contributed by atoms with Crippen LogP contribution in [0.2, 0.25) is 5.02 Å². The molecule has 86 valence electrons. The van der Waals surface area contributed by atoms with Gasteiger partial charge in [-0.3, -0.25) is 4.99 Å². The van der Waals surface area contributed by atoms with Gasteiger partial charge in [0.15, 0.2) is 0 Å². The third kappa shape index (κ3) is 4.03. The Kier molecular flexibility index (Phi) is 4.99. The second-order valence-electron chi connectivity index (χ2n) is 3.26. The largest absolute Gasteiger partial charge is 0.464 e. The number of hydrogen-bond donors (Lipinski definition) is 0. The molecule has 0 spiro atoms. The van der Waals surface area contributed by atoms with Crippen molar-refractivity contribution >= 4 is 23.8 Å². The van der Waals surface area contributed by atoms with Gasteiger partial charge < -0.3 is 4.74 Å². The molecule has 0 aromatic heterocycles. The molecule has 16 heavy (non-hydrogen) atoms. The van der Waals surface area contributed by atoms with Crippen molar-refractivity contribution in [3.05, 3.63) is 34.9 Å². The van der Waals surface area contributed by atoms with Gasteiger partial charge in [0.1, 0.15) is 6.04 Å². The van der Waals surface area contributed by atoms with E-state index in [0.717, 1.165) is 5.56 Å². The van der Waals surface area contributed by atoms with Crippen LogP contribution in [0.4, 0.5) is 0 Å². The lowest BCUT2D eigenvalue weighted by Crippen LogP contribution is -2.18. The van der Waals surface area contributed by atoms with Crippen LogP contribution in [0.1, 0.15) is 19.4 Å². The topological polar surface area (TPSA) is 38.7 Å². The molecule has 0 heterocycles. The number of halogens is 1. The Morgan fingerprint density at radius 2 is 2.12 bits per heavy atom. The molecular formula is C12H14ClNO2. The average molecular weight is 240 g/mol. The molecule has 1 aromatic carbocycles. The van der Waals surface area contributed by atoms with E-state index < -0.39 is 6.04 Å². The quantitative estimate of drug-likeness (QED) is 0.599. The molecule has 4 heteroatoms. The van der Waals surface area contributed by atoms with Crippen molar-refractivity contribution in [2.75, 3.05) is 6.61 Å². The van der Waals surface area contributed by atoms with Gasteiger partial charge in [-0.2, -0.15) is 0 Å². The monoisotopic (exact) mass is 239 g/mol. The van der Waals surface area contributed by atoms with E-state index in [1.54, 1.807) is 32.2 Å². The van der Waals surface area contributed by atoms with Crippen LogP contribution in [0.5, 0.6) is 0 Å². The van der Waals surface area contributed by atoms with Crippen LogP contribution in [0.3, 0.4) is 0 Å². The van der Waals surface area contributed by atoms with E-state index in [-0.39, 0.29) is 5.97 Å². The number of carbonyl (C=O) groups is 1. The maximum Gasteiger partial charge on any atom is 0.330 e. The SMILES string of the molecule is CCOC(=O)[C@@H](C)N=Cc1ccc(Cl)cc1. The fourth-order valence-corrected chi connectivity index (χ4v) is 1.20. The maximum absolute atomic E-state index is 11.3. The van der Waals surface area contributed by atoms with Crippen LogP contribution in [-0.4, -0.2) is 24.8 Å². The van der Waals surface area contributed by atoms with Crippen molar-refractivity contribution in [2.45, 2.75) is 19.9 Å². The number of nitrogens with zero attached hydrogens (tertiary/aromatic N) is 1.